The van der Waals surface area contributed by atoms with Gasteiger partial charge in [-0.25, -0.2) is 9.78 Å². The number of anilines is 1. The second kappa shape index (κ2) is 9.80. The van der Waals surface area contributed by atoms with Gasteiger partial charge in [0.25, 0.3) is 5.56 Å². The van der Waals surface area contributed by atoms with Crippen LogP contribution in [0, 0.1) is 0 Å². The Bertz CT molecular complexity index is 1220. The first-order valence-electron chi connectivity index (χ1n) is 9.59. The number of nitrogens with one attached hydrogen (secondary N) is 1. The van der Waals surface area contributed by atoms with E-state index in [2.05, 4.69) is 10.3 Å². The zero-order valence-corrected chi connectivity index (χ0v) is 18.6. The van der Waals surface area contributed by atoms with Crippen molar-refractivity contribution >= 4 is 34.4 Å². The van der Waals surface area contributed by atoms with Crippen molar-refractivity contribution in [1.82, 2.24) is 14.1 Å². The van der Waals surface area contributed by atoms with E-state index in [4.69, 9.17) is 9.47 Å². The van der Waals surface area contributed by atoms with Gasteiger partial charge in [0, 0.05) is 43.5 Å². The predicted molar refractivity (Wildman–Crippen MR) is 120 cm³/mol. The maximum atomic E-state index is 12.8. The number of benzene rings is 1. The van der Waals surface area contributed by atoms with E-state index in [-0.39, 0.29) is 29.3 Å². The van der Waals surface area contributed by atoms with E-state index in [1.54, 1.807) is 37.5 Å². The third kappa shape index (κ3) is 4.80. The quantitative estimate of drug-likeness (QED) is 0.529. The fraction of sp³-hybridized carbons (Fsp3) is 0.333. The van der Waals surface area contributed by atoms with E-state index < -0.39 is 11.2 Å². The lowest BCUT2D eigenvalue weighted by atomic mass is 10.2. The molecule has 10 heteroatoms. The summed E-state index contributed by atoms with van der Waals surface area (Å²) in [5, 5.41) is 3.12. The molecule has 0 saturated carbocycles. The van der Waals surface area contributed by atoms with Gasteiger partial charge in [-0.05, 0) is 31.2 Å². The molecule has 0 saturated heterocycles. The summed E-state index contributed by atoms with van der Waals surface area (Å²) in [6.07, 6.45) is 1.57. The van der Waals surface area contributed by atoms with Crippen LogP contribution in [-0.4, -0.2) is 39.5 Å². The summed E-state index contributed by atoms with van der Waals surface area (Å²) in [7, 11) is 4.51. The van der Waals surface area contributed by atoms with Crippen LogP contribution >= 0.6 is 11.8 Å². The highest BCUT2D eigenvalue weighted by atomic mass is 32.2. The molecule has 0 aliphatic heterocycles. The van der Waals surface area contributed by atoms with Crippen LogP contribution in [0.25, 0.3) is 11.0 Å². The molecule has 0 aliphatic rings. The molecule has 164 valence electrons. The number of carbonyl (C=O) groups is 1. The molecule has 0 aliphatic carbocycles. The van der Waals surface area contributed by atoms with Crippen molar-refractivity contribution in [2.45, 2.75) is 18.4 Å². The van der Waals surface area contributed by atoms with E-state index in [1.165, 1.54) is 30.5 Å². The van der Waals surface area contributed by atoms with Gasteiger partial charge in [-0.2, -0.15) is 0 Å². The number of rotatable bonds is 8. The smallest absolute Gasteiger partial charge is 0.332 e. The second-order valence-electron chi connectivity index (χ2n) is 6.74. The minimum atomic E-state index is -0.464. The Hall–Kier alpha value is -3.11. The lowest BCUT2D eigenvalue weighted by Crippen LogP contribution is -2.37. The van der Waals surface area contributed by atoms with E-state index in [0.717, 1.165) is 10.3 Å². The maximum Gasteiger partial charge on any atom is 0.332 e. The zero-order chi connectivity index (χ0) is 22.5. The molecule has 2 heterocycles. The molecule has 0 unspecified atom stereocenters. The molecule has 0 fully saturated rings. The van der Waals surface area contributed by atoms with E-state index in [1.807, 2.05) is 6.92 Å². The van der Waals surface area contributed by atoms with Gasteiger partial charge < -0.3 is 14.8 Å². The van der Waals surface area contributed by atoms with E-state index in [9.17, 15) is 14.4 Å². The third-order valence-electron chi connectivity index (χ3n) is 4.59. The topological polar surface area (TPSA) is 104 Å². The fourth-order valence-electron chi connectivity index (χ4n) is 3.10. The summed E-state index contributed by atoms with van der Waals surface area (Å²) in [6.45, 7) is 2.69. The Morgan fingerprint density at radius 1 is 1.16 bits per heavy atom. The number of methoxy groups -OCH3 is 1. The Morgan fingerprint density at radius 2 is 1.87 bits per heavy atom. The second-order valence-corrected chi connectivity index (χ2v) is 7.73. The molecule has 1 N–H and O–H groups in total. The monoisotopic (exact) mass is 444 g/mol. The third-order valence-corrected chi connectivity index (χ3v) is 5.75. The number of aromatic nitrogens is 3. The van der Waals surface area contributed by atoms with Crippen LogP contribution in [0.3, 0.4) is 0 Å². The van der Waals surface area contributed by atoms with Crippen molar-refractivity contribution in [3.8, 4) is 5.75 Å². The van der Waals surface area contributed by atoms with Crippen molar-refractivity contribution in [1.29, 1.82) is 0 Å². The van der Waals surface area contributed by atoms with Crippen LogP contribution in [0.2, 0.25) is 0 Å². The first kappa shape index (κ1) is 22.6. The molecule has 0 bridgehead atoms. The molecular weight excluding hydrogens is 420 g/mol. The van der Waals surface area contributed by atoms with Crippen LogP contribution in [0.1, 0.15) is 12.5 Å². The number of amides is 1. The fourth-order valence-corrected chi connectivity index (χ4v) is 4.07. The average Bonchev–Trinajstić information content (AvgIpc) is 2.76. The Kier molecular flexibility index (Phi) is 7.13. The molecule has 3 aromatic rings. The number of aryl methyl sites for hydroxylation is 1. The van der Waals surface area contributed by atoms with Gasteiger partial charge in [0.2, 0.25) is 5.91 Å². The summed E-state index contributed by atoms with van der Waals surface area (Å²) in [4.78, 5) is 42.5. The van der Waals surface area contributed by atoms with Crippen LogP contribution in [0.4, 0.5) is 5.69 Å². The molecule has 0 spiro atoms. The zero-order valence-electron chi connectivity index (χ0n) is 17.8. The van der Waals surface area contributed by atoms with Gasteiger partial charge >= 0.3 is 5.69 Å². The Balaban J connectivity index is 1.89. The standard InChI is InChI=1S/C21H24N4O5S/c1-5-30-15-8-6-14(7-9-15)23-16(26)12-31-18-13(11-29-4)10-22-19-17(18)20(27)25(3)21(28)24(19)2/h6-10H,5,11-12H2,1-4H3,(H,23,26). The highest BCUT2D eigenvalue weighted by Crippen LogP contribution is 2.29. The summed E-state index contributed by atoms with van der Waals surface area (Å²) in [6, 6.07) is 7.08. The van der Waals surface area contributed by atoms with Crippen molar-refractivity contribution in [2.75, 3.05) is 24.8 Å². The largest absolute Gasteiger partial charge is 0.494 e. The molecule has 31 heavy (non-hydrogen) atoms. The first-order chi connectivity index (χ1) is 14.9. The predicted octanol–water partition coefficient (Wildman–Crippen LogP) is 1.91. The number of pyridine rings is 1. The molecule has 0 radical (unpaired) electrons. The minimum Gasteiger partial charge on any atom is -0.494 e. The van der Waals surface area contributed by atoms with Gasteiger partial charge in [-0.15, -0.1) is 11.8 Å². The average molecular weight is 445 g/mol. The number of fused-ring (bicyclic) bond motifs is 1. The van der Waals surface area contributed by atoms with Crippen molar-refractivity contribution in [3.63, 3.8) is 0 Å². The number of hydrogen-bond donors (Lipinski definition) is 1. The highest BCUT2D eigenvalue weighted by Gasteiger charge is 2.18. The van der Waals surface area contributed by atoms with Gasteiger partial charge in [-0.1, -0.05) is 0 Å². The van der Waals surface area contributed by atoms with Gasteiger partial charge in [0.05, 0.1) is 24.4 Å². The lowest BCUT2D eigenvalue weighted by molar-refractivity contribution is -0.113. The normalized spacial score (nSPS) is 11.0. The molecule has 0 atom stereocenters. The van der Waals surface area contributed by atoms with E-state index >= 15 is 0 Å². The lowest BCUT2D eigenvalue weighted by Gasteiger charge is -2.14. The van der Waals surface area contributed by atoms with Gasteiger partial charge in [0.15, 0.2) is 0 Å². The van der Waals surface area contributed by atoms with Crippen LogP contribution in [0.15, 0.2) is 44.9 Å². The van der Waals surface area contributed by atoms with Gasteiger partial charge in [0.1, 0.15) is 11.4 Å². The molecule has 2 aromatic heterocycles. The molecule has 3 rings (SSSR count). The SMILES string of the molecule is CCOc1ccc(NC(=O)CSc2c(COC)cnc3c2c(=O)n(C)c(=O)n3C)cc1. The minimum absolute atomic E-state index is 0.0645. The van der Waals surface area contributed by atoms with Crippen molar-refractivity contribution in [3.05, 3.63) is 56.9 Å². The Morgan fingerprint density at radius 3 is 2.52 bits per heavy atom. The number of hydrogen-bond acceptors (Lipinski definition) is 7. The summed E-state index contributed by atoms with van der Waals surface area (Å²) in [5.74, 6) is 0.558. The van der Waals surface area contributed by atoms with Crippen molar-refractivity contribution in [2.24, 2.45) is 14.1 Å². The van der Waals surface area contributed by atoms with Crippen molar-refractivity contribution < 1.29 is 14.3 Å². The van der Waals surface area contributed by atoms with Crippen LogP contribution in [0.5, 0.6) is 5.75 Å². The van der Waals surface area contributed by atoms with E-state index in [0.29, 0.717) is 22.8 Å². The molecular formula is C21H24N4O5S. The molecule has 1 aromatic carbocycles. The molecule has 9 nitrogen and oxygen atoms in total. The highest BCUT2D eigenvalue weighted by molar-refractivity contribution is 8.00. The summed E-state index contributed by atoms with van der Waals surface area (Å²) >= 11 is 1.21. The number of nitrogens with zero attached hydrogens (tertiary/aromatic N) is 3. The number of thioether (sulfide) groups is 1. The van der Waals surface area contributed by atoms with Crippen LogP contribution in [-0.2, 0) is 30.2 Å². The number of carbonyl (C=O) groups excluding carboxylic acids is 1. The number of ether oxygens (including phenoxy) is 2. The molecule has 1 amide bonds. The first-order valence-corrected chi connectivity index (χ1v) is 10.6. The summed E-state index contributed by atoms with van der Waals surface area (Å²) in [5.41, 5.74) is 0.655. The van der Waals surface area contributed by atoms with Crippen LogP contribution < -0.4 is 21.3 Å². The van der Waals surface area contributed by atoms with Gasteiger partial charge in [-0.3, -0.25) is 18.7 Å². The Labute approximate surface area is 183 Å². The maximum absolute atomic E-state index is 12.8. The summed E-state index contributed by atoms with van der Waals surface area (Å²) < 4.78 is 13.0.